The summed E-state index contributed by atoms with van der Waals surface area (Å²) in [5.41, 5.74) is 1.72. The second-order valence-corrected chi connectivity index (χ2v) is 9.24. The normalized spacial score (nSPS) is 16.4. The quantitative estimate of drug-likeness (QED) is 0.0984. The van der Waals surface area contributed by atoms with E-state index in [1.807, 2.05) is 31.3 Å². The van der Waals surface area contributed by atoms with Crippen LogP contribution in [0.1, 0.15) is 29.7 Å². The maximum atomic E-state index is 13.4. The Hall–Kier alpha value is -5.12. The Bertz CT molecular complexity index is 1640. The summed E-state index contributed by atoms with van der Waals surface area (Å²) < 4.78 is 10.8. The first-order chi connectivity index (χ1) is 19.3. The highest BCUT2D eigenvalue weighted by molar-refractivity contribution is 6.46. The first-order valence-electron chi connectivity index (χ1n) is 12.7. The molecule has 5 rings (SSSR count). The van der Waals surface area contributed by atoms with Crippen molar-refractivity contribution in [2.24, 2.45) is 0 Å². The number of amides is 1. The number of hydrogen-bond donors (Lipinski definition) is 2. The number of likely N-dealkylation sites (tertiary alicyclic amines) is 1. The smallest absolute Gasteiger partial charge is 0.295 e. The third-order valence-electron chi connectivity index (χ3n) is 7.00. The van der Waals surface area contributed by atoms with Crippen LogP contribution in [0.25, 0.3) is 16.7 Å². The first kappa shape index (κ1) is 26.5. The SMILES string of the molecule is CCOc1ccc(C(O)=C2C(=O)C(=O)N(CCc3c[nH]c4ccc(OC)cc34)[C@@H]2c2ccccc2[N+](=O)[O-])cc1. The number of carbonyl (C=O) groups excluding carboxylic acids is 2. The zero-order valence-electron chi connectivity index (χ0n) is 21.9. The van der Waals surface area contributed by atoms with Gasteiger partial charge in [0.15, 0.2) is 0 Å². The van der Waals surface area contributed by atoms with E-state index in [0.717, 1.165) is 16.5 Å². The zero-order valence-corrected chi connectivity index (χ0v) is 21.9. The van der Waals surface area contributed by atoms with Crippen LogP contribution in [-0.2, 0) is 16.0 Å². The lowest BCUT2D eigenvalue weighted by Gasteiger charge is -2.25. The Morgan fingerprint density at radius 2 is 1.80 bits per heavy atom. The predicted molar refractivity (Wildman–Crippen MR) is 148 cm³/mol. The molecular weight excluding hydrogens is 514 g/mol. The van der Waals surface area contributed by atoms with Crippen molar-refractivity contribution in [3.8, 4) is 11.5 Å². The maximum absolute atomic E-state index is 13.4. The summed E-state index contributed by atoms with van der Waals surface area (Å²) in [6.45, 7) is 2.37. The molecule has 2 N–H and O–H groups in total. The van der Waals surface area contributed by atoms with Gasteiger partial charge in [0.1, 0.15) is 17.3 Å². The van der Waals surface area contributed by atoms with Crippen molar-refractivity contribution in [3.63, 3.8) is 0 Å². The lowest BCUT2D eigenvalue weighted by molar-refractivity contribution is -0.385. The van der Waals surface area contributed by atoms with E-state index in [1.165, 1.54) is 23.1 Å². The van der Waals surface area contributed by atoms with Gasteiger partial charge in [-0.05, 0) is 67.4 Å². The summed E-state index contributed by atoms with van der Waals surface area (Å²) in [6.07, 6.45) is 2.17. The molecule has 0 radical (unpaired) electrons. The van der Waals surface area contributed by atoms with Gasteiger partial charge in [0, 0.05) is 35.3 Å². The summed E-state index contributed by atoms with van der Waals surface area (Å²) in [5, 5.41) is 24.2. The fourth-order valence-electron chi connectivity index (χ4n) is 5.08. The number of para-hydroxylation sites is 1. The van der Waals surface area contributed by atoms with Gasteiger partial charge in [0.05, 0.1) is 35.8 Å². The molecule has 4 aromatic rings. The topological polar surface area (TPSA) is 135 Å². The van der Waals surface area contributed by atoms with Crippen LogP contribution in [0.5, 0.6) is 11.5 Å². The standard InChI is InChI=1S/C30H27N3O7/c1-3-40-20-10-8-18(9-11-20)28(34)26-27(22-6-4-5-7-25(22)33(37)38)32(30(36)29(26)35)15-14-19-17-31-24-13-12-21(39-2)16-23(19)24/h4-13,16-17,27,31,34H,3,14-15H2,1-2H3/t27-/m1/s1. The van der Waals surface area contributed by atoms with Gasteiger partial charge in [-0.3, -0.25) is 19.7 Å². The average Bonchev–Trinajstić information content (AvgIpc) is 3.49. The van der Waals surface area contributed by atoms with Crippen molar-refractivity contribution < 1.29 is 29.1 Å². The fraction of sp³-hybridized carbons (Fsp3) is 0.200. The van der Waals surface area contributed by atoms with E-state index in [0.29, 0.717) is 24.5 Å². The minimum atomic E-state index is -1.16. The van der Waals surface area contributed by atoms with Crippen molar-refractivity contribution >= 4 is 34.0 Å². The number of Topliss-reactive ketones (excluding diaryl/α,β-unsaturated/α-hetero) is 1. The molecule has 1 atom stereocenters. The molecule has 0 aliphatic carbocycles. The second-order valence-electron chi connectivity index (χ2n) is 9.24. The maximum Gasteiger partial charge on any atom is 0.295 e. The number of aromatic amines is 1. The number of nitrogens with one attached hydrogen (secondary N) is 1. The summed E-state index contributed by atoms with van der Waals surface area (Å²) in [6, 6.07) is 16.8. The van der Waals surface area contributed by atoms with Crippen LogP contribution in [0, 0.1) is 10.1 Å². The molecule has 0 spiro atoms. The number of benzene rings is 3. The van der Waals surface area contributed by atoms with E-state index in [4.69, 9.17) is 9.47 Å². The Morgan fingerprint density at radius 3 is 2.50 bits per heavy atom. The van der Waals surface area contributed by atoms with Gasteiger partial charge in [-0.1, -0.05) is 12.1 Å². The van der Waals surface area contributed by atoms with Gasteiger partial charge in [0.25, 0.3) is 17.4 Å². The van der Waals surface area contributed by atoms with Crippen molar-refractivity contribution in [2.45, 2.75) is 19.4 Å². The number of nitro benzene ring substituents is 1. The molecule has 3 aromatic carbocycles. The molecular formula is C30H27N3O7. The lowest BCUT2D eigenvalue weighted by Crippen LogP contribution is -2.32. The molecule has 0 saturated carbocycles. The molecule has 1 fully saturated rings. The van der Waals surface area contributed by atoms with E-state index < -0.39 is 28.4 Å². The molecule has 0 bridgehead atoms. The number of H-pyrrole nitrogens is 1. The molecule has 1 aliphatic rings. The Balaban J connectivity index is 1.59. The Morgan fingerprint density at radius 1 is 1.07 bits per heavy atom. The number of ether oxygens (including phenoxy) is 2. The molecule has 1 aromatic heterocycles. The van der Waals surface area contributed by atoms with E-state index in [2.05, 4.69) is 4.98 Å². The first-order valence-corrected chi connectivity index (χ1v) is 12.7. The molecule has 40 heavy (non-hydrogen) atoms. The van der Waals surface area contributed by atoms with Crippen molar-refractivity contribution in [3.05, 3.63) is 105 Å². The third kappa shape index (κ3) is 4.75. The van der Waals surface area contributed by atoms with Gasteiger partial charge in [0.2, 0.25) is 0 Å². The van der Waals surface area contributed by atoms with Gasteiger partial charge in [-0.25, -0.2) is 0 Å². The highest BCUT2D eigenvalue weighted by atomic mass is 16.6. The number of aromatic nitrogens is 1. The minimum absolute atomic E-state index is 0.0749. The summed E-state index contributed by atoms with van der Waals surface area (Å²) in [5.74, 6) is -0.916. The number of aliphatic hydroxyl groups is 1. The molecule has 2 heterocycles. The number of fused-ring (bicyclic) bond motifs is 1. The van der Waals surface area contributed by atoms with E-state index in [9.17, 15) is 24.8 Å². The molecule has 1 saturated heterocycles. The summed E-state index contributed by atoms with van der Waals surface area (Å²) >= 11 is 0. The number of hydrogen-bond acceptors (Lipinski definition) is 7. The second kappa shape index (κ2) is 10.9. The van der Waals surface area contributed by atoms with Gasteiger partial charge in [-0.15, -0.1) is 0 Å². The van der Waals surface area contributed by atoms with Crippen LogP contribution in [0.3, 0.4) is 0 Å². The lowest BCUT2D eigenvalue weighted by atomic mass is 9.94. The Kier molecular flexibility index (Phi) is 7.24. The average molecular weight is 542 g/mol. The highest BCUT2D eigenvalue weighted by Gasteiger charge is 2.47. The molecule has 1 aliphatic heterocycles. The van der Waals surface area contributed by atoms with Crippen LogP contribution in [0.15, 0.2) is 78.5 Å². The van der Waals surface area contributed by atoms with Gasteiger partial charge >= 0.3 is 0 Å². The monoisotopic (exact) mass is 541 g/mol. The summed E-state index contributed by atoms with van der Waals surface area (Å²) in [4.78, 5) is 42.7. The number of methoxy groups -OCH3 is 1. The van der Waals surface area contributed by atoms with Gasteiger partial charge in [-0.2, -0.15) is 0 Å². The zero-order chi connectivity index (χ0) is 28.4. The number of carbonyl (C=O) groups is 2. The molecule has 0 unspecified atom stereocenters. The number of aliphatic hydroxyl groups excluding tert-OH is 1. The number of nitro groups is 1. The predicted octanol–water partition coefficient (Wildman–Crippen LogP) is 5.15. The van der Waals surface area contributed by atoms with Crippen molar-refractivity contribution in [1.82, 2.24) is 9.88 Å². The molecule has 10 heteroatoms. The van der Waals surface area contributed by atoms with Gasteiger partial charge < -0.3 is 24.5 Å². The number of rotatable bonds is 9. The van der Waals surface area contributed by atoms with Crippen molar-refractivity contribution in [2.75, 3.05) is 20.3 Å². The third-order valence-corrected chi connectivity index (χ3v) is 7.00. The molecule has 1 amide bonds. The van der Waals surface area contributed by atoms with Crippen LogP contribution in [0.2, 0.25) is 0 Å². The highest BCUT2D eigenvalue weighted by Crippen LogP contribution is 2.42. The van der Waals surface area contributed by atoms with Crippen LogP contribution in [-0.4, -0.2) is 51.9 Å². The van der Waals surface area contributed by atoms with E-state index >= 15 is 0 Å². The van der Waals surface area contributed by atoms with E-state index in [1.54, 1.807) is 37.4 Å². The minimum Gasteiger partial charge on any atom is -0.507 e. The molecule has 10 nitrogen and oxygen atoms in total. The van der Waals surface area contributed by atoms with E-state index in [-0.39, 0.29) is 28.9 Å². The Labute approximate surface area is 229 Å². The van der Waals surface area contributed by atoms with Crippen LogP contribution in [0.4, 0.5) is 5.69 Å². The number of ketones is 1. The fourth-order valence-corrected chi connectivity index (χ4v) is 5.08. The molecule has 204 valence electrons. The number of nitrogens with zero attached hydrogens (tertiary/aromatic N) is 2. The van der Waals surface area contributed by atoms with Crippen LogP contribution < -0.4 is 9.47 Å². The van der Waals surface area contributed by atoms with Crippen molar-refractivity contribution in [1.29, 1.82) is 0 Å². The largest absolute Gasteiger partial charge is 0.507 e. The summed E-state index contributed by atoms with van der Waals surface area (Å²) in [7, 11) is 1.57. The van der Waals surface area contributed by atoms with Crippen LogP contribution >= 0.6 is 0 Å².